The SMILES string of the molecule is CC(O)CNC1CCc2cc(Br)ccc21. The Bertz CT molecular complexity index is 351. The molecule has 2 N–H and O–H groups in total. The van der Waals surface area contributed by atoms with Crippen molar-refractivity contribution < 1.29 is 5.11 Å². The van der Waals surface area contributed by atoms with Gasteiger partial charge in [0.2, 0.25) is 0 Å². The summed E-state index contributed by atoms with van der Waals surface area (Å²) in [6, 6.07) is 6.87. The molecule has 0 amide bonds. The molecule has 15 heavy (non-hydrogen) atoms. The molecular weight excluding hydrogens is 254 g/mol. The van der Waals surface area contributed by atoms with Crippen molar-refractivity contribution in [3.63, 3.8) is 0 Å². The first-order valence-corrected chi connectivity index (χ1v) is 6.16. The van der Waals surface area contributed by atoms with Crippen LogP contribution >= 0.6 is 15.9 Å². The largest absolute Gasteiger partial charge is 0.392 e. The van der Waals surface area contributed by atoms with E-state index >= 15 is 0 Å². The van der Waals surface area contributed by atoms with Crippen molar-refractivity contribution in [1.29, 1.82) is 0 Å². The third-order valence-electron chi connectivity index (χ3n) is 2.84. The van der Waals surface area contributed by atoms with Gasteiger partial charge < -0.3 is 10.4 Å². The maximum Gasteiger partial charge on any atom is 0.0636 e. The molecule has 0 heterocycles. The number of aliphatic hydroxyl groups is 1. The normalized spacial score (nSPS) is 21.4. The second kappa shape index (κ2) is 4.64. The molecule has 0 radical (unpaired) electrons. The van der Waals surface area contributed by atoms with Gasteiger partial charge in [0.1, 0.15) is 0 Å². The molecule has 82 valence electrons. The molecule has 0 fully saturated rings. The quantitative estimate of drug-likeness (QED) is 0.884. The fourth-order valence-electron chi connectivity index (χ4n) is 2.11. The minimum Gasteiger partial charge on any atom is -0.392 e. The standard InChI is InChI=1S/C12H16BrNO/c1-8(15)7-14-12-5-2-9-6-10(13)3-4-11(9)12/h3-4,6,8,12,14-15H,2,5,7H2,1H3. The van der Waals surface area contributed by atoms with Crippen molar-refractivity contribution in [2.75, 3.05) is 6.54 Å². The van der Waals surface area contributed by atoms with E-state index < -0.39 is 0 Å². The van der Waals surface area contributed by atoms with Gasteiger partial charge in [-0.25, -0.2) is 0 Å². The molecule has 2 unspecified atom stereocenters. The number of aliphatic hydroxyl groups excluding tert-OH is 1. The van der Waals surface area contributed by atoms with Gasteiger partial charge in [-0.15, -0.1) is 0 Å². The Hall–Kier alpha value is -0.380. The molecule has 0 aromatic heterocycles. The number of benzene rings is 1. The molecule has 0 spiro atoms. The topological polar surface area (TPSA) is 32.3 Å². The van der Waals surface area contributed by atoms with Gasteiger partial charge >= 0.3 is 0 Å². The first kappa shape index (κ1) is 11.1. The Balaban J connectivity index is 2.08. The molecule has 1 aromatic rings. The summed E-state index contributed by atoms with van der Waals surface area (Å²) >= 11 is 3.49. The van der Waals surface area contributed by atoms with Crippen LogP contribution in [0.1, 0.15) is 30.5 Å². The van der Waals surface area contributed by atoms with Gasteiger partial charge in [0.25, 0.3) is 0 Å². The highest BCUT2D eigenvalue weighted by atomic mass is 79.9. The first-order valence-electron chi connectivity index (χ1n) is 5.36. The lowest BCUT2D eigenvalue weighted by molar-refractivity contribution is 0.186. The highest BCUT2D eigenvalue weighted by molar-refractivity contribution is 9.10. The molecule has 1 aromatic carbocycles. The van der Waals surface area contributed by atoms with Gasteiger partial charge in [0, 0.05) is 17.1 Å². The predicted molar refractivity (Wildman–Crippen MR) is 64.9 cm³/mol. The molecule has 1 aliphatic rings. The summed E-state index contributed by atoms with van der Waals surface area (Å²) in [7, 11) is 0. The molecule has 2 rings (SSSR count). The minimum atomic E-state index is -0.274. The Morgan fingerprint density at radius 3 is 3.13 bits per heavy atom. The lowest BCUT2D eigenvalue weighted by atomic mass is 10.1. The third-order valence-corrected chi connectivity index (χ3v) is 3.34. The van der Waals surface area contributed by atoms with E-state index in [0.717, 1.165) is 17.3 Å². The smallest absolute Gasteiger partial charge is 0.0636 e. The average Bonchev–Trinajstić information content (AvgIpc) is 2.57. The number of rotatable bonds is 3. The first-order chi connectivity index (χ1) is 7.16. The fraction of sp³-hybridized carbons (Fsp3) is 0.500. The molecule has 1 aliphatic carbocycles. The van der Waals surface area contributed by atoms with Crippen molar-refractivity contribution in [3.05, 3.63) is 33.8 Å². The Morgan fingerprint density at radius 1 is 1.60 bits per heavy atom. The van der Waals surface area contributed by atoms with Crippen LogP contribution in [-0.4, -0.2) is 17.8 Å². The average molecular weight is 270 g/mol. The van der Waals surface area contributed by atoms with E-state index in [0.29, 0.717) is 12.6 Å². The van der Waals surface area contributed by atoms with Crippen LogP contribution in [0.5, 0.6) is 0 Å². The molecule has 0 saturated heterocycles. The summed E-state index contributed by atoms with van der Waals surface area (Å²) in [6.45, 7) is 2.48. The minimum absolute atomic E-state index is 0.274. The van der Waals surface area contributed by atoms with Crippen molar-refractivity contribution in [2.24, 2.45) is 0 Å². The summed E-state index contributed by atoms with van der Waals surface area (Å²) in [5, 5.41) is 12.6. The lowest BCUT2D eigenvalue weighted by Gasteiger charge is -2.15. The highest BCUT2D eigenvalue weighted by Gasteiger charge is 2.21. The monoisotopic (exact) mass is 269 g/mol. The van der Waals surface area contributed by atoms with Crippen LogP contribution in [-0.2, 0) is 6.42 Å². The van der Waals surface area contributed by atoms with Gasteiger partial charge in [-0.05, 0) is 43.0 Å². The van der Waals surface area contributed by atoms with E-state index in [1.54, 1.807) is 0 Å². The molecule has 2 atom stereocenters. The van der Waals surface area contributed by atoms with Crippen LogP contribution in [0.15, 0.2) is 22.7 Å². The summed E-state index contributed by atoms with van der Waals surface area (Å²) < 4.78 is 1.15. The Morgan fingerprint density at radius 2 is 2.40 bits per heavy atom. The van der Waals surface area contributed by atoms with Crippen molar-refractivity contribution >= 4 is 15.9 Å². The summed E-state index contributed by atoms with van der Waals surface area (Å²) in [6.07, 6.45) is 1.99. The van der Waals surface area contributed by atoms with Gasteiger partial charge in [0.15, 0.2) is 0 Å². The second-order valence-electron chi connectivity index (χ2n) is 4.19. The summed E-state index contributed by atoms with van der Waals surface area (Å²) in [5.41, 5.74) is 2.81. The molecule has 0 aliphatic heterocycles. The zero-order valence-corrected chi connectivity index (χ0v) is 10.4. The van der Waals surface area contributed by atoms with E-state index in [2.05, 4.69) is 39.4 Å². The Labute approximate surface area is 98.8 Å². The number of fused-ring (bicyclic) bond motifs is 1. The van der Waals surface area contributed by atoms with E-state index in [1.165, 1.54) is 11.1 Å². The summed E-state index contributed by atoms with van der Waals surface area (Å²) in [5.74, 6) is 0. The number of hydrogen-bond acceptors (Lipinski definition) is 2. The van der Waals surface area contributed by atoms with Crippen molar-refractivity contribution in [1.82, 2.24) is 5.32 Å². The zero-order valence-electron chi connectivity index (χ0n) is 8.83. The molecule has 0 bridgehead atoms. The van der Waals surface area contributed by atoms with Gasteiger partial charge in [-0.1, -0.05) is 22.0 Å². The van der Waals surface area contributed by atoms with E-state index in [9.17, 15) is 5.11 Å². The van der Waals surface area contributed by atoms with E-state index in [-0.39, 0.29) is 6.10 Å². The predicted octanol–water partition coefficient (Wildman–Crippen LogP) is 2.41. The maximum absolute atomic E-state index is 9.23. The van der Waals surface area contributed by atoms with Crippen LogP contribution in [0, 0.1) is 0 Å². The number of hydrogen-bond donors (Lipinski definition) is 2. The molecular formula is C12H16BrNO. The van der Waals surface area contributed by atoms with Crippen molar-refractivity contribution in [2.45, 2.75) is 31.9 Å². The van der Waals surface area contributed by atoms with Gasteiger partial charge in [-0.2, -0.15) is 0 Å². The van der Waals surface area contributed by atoms with Crippen LogP contribution in [0.4, 0.5) is 0 Å². The molecule has 3 heteroatoms. The van der Waals surface area contributed by atoms with Crippen molar-refractivity contribution in [3.8, 4) is 0 Å². The lowest BCUT2D eigenvalue weighted by Crippen LogP contribution is -2.27. The number of aryl methyl sites for hydroxylation is 1. The molecule has 0 saturated carbocycles. The fourth-order valence-corrected chi connectivity index (χ4v) is 2.52. The molecule has 2 nitrogen and oxygen atoms in total. The van der Waals surface area contributed by atoms with Gasteiger partial charge in [-0.3, -0.25) is 0 Å². The highest BCUT2D eigenvalue weighted by Crippen LogP contribution is 2.32. The van der Waals surface area contributed by atoms with Gasteiger partial charge in [0.05, 0.1) is 6.10 Å². The van der Waals surface area contributed by atoms with Crippen LogP contribution in [0.2, 0.25) is 0 Å². The Kier molecular flexibility index (Phi) is 3.44. The van der Waals surface area contributed by atoms with Crippen LogP contribution in [0.25, 0.3) is 0 Å². The van der Waals surface area contributed by atoms with E-state index in [4.69, 9.17) is 0 Å². The number of nitrogens with one attached hydrogen (secondary N) is 1. The third kappa shape index (κ3) is 2.60. The van der Waals surface area contributed by atoms with Crippen LogP contribution < -0.4 is 5.32 Å². The second-order valence-corrected chi connectivity index (χ2v) is 5.11. The number of halogens is 1. The zero-order chi connectivity index (χ0) is 10.8. The summed E-state index contributed by atoms with van der Waals surface area (Å²) in [4.78, 5) is 0. The van der Waals surface area contributed by atoms with Crippen LogP contribution in [0.3, 0.4) is 0 Å². The van der Waals surface area contributed by atoms with E-state index in [1.807, 2.05) is 6.92 Å². The maximum atomic E-state index is 9.23.